The Morgan fingerprint density at radius 2 is 2.05 bits per heavy atom. The fourth-order valence-electron chi connectivity index (χ4n) is 2.16. The van der Waals surface area contributed by atoms with Crippen molar-refractivity contribution in [3.63, 3.8) is 0 Å². The molecule has 1 aliphatic heterocycles. The number of hydrogen-bond acceptors (Lipinski definition) is 3. The number of alkyl halides is 1. The summed E-state index contributed by atoms with van der Waals surface area (Å²) >= 11 is 0. The van der Waals surface area contributed by atoms with Gasteiger partial charge in [-0.1, -0.05) is 0 Å². The second-order valence-corrected chi connectivity index (χ2v) is 5.69. The summed E-state index contributed by atoms with van der Waals surface area (Å²) in [4.78, 5) is 11.3. The molecule has 0 aromatic heterocycles. The molecule has 1 heterocycles. The highest BCUT2D eigenvalue weighted by Crippen LogP contribution is 2.40. The van der Waals surface area contributed by atoms with Crippen molar-refractivity contribution >= 4 is 5.97 Å². The molecule has 2 rings (SSSR count). The third kappa shape index (κ3) is 2.86. The highest BCUT2D eigenvalue weighted by molar-refractivity contribution is 5.74. The zero-order valence-electron chi connectivity index (χ0n) is 11.9. The van der Waals surface area contributed by atoms with Crippen molar-refractivity contribution in [1.29, 1.82) is 0 Å². The molecule has 5 heteroatoms. The van der Waals surface area contributed by atoms with Crippen LogP contribution in [0.1, 0.15) is 38.1 Å². The van der Waals surface area contributed by atoms with E-state index in [-0.39, 0.29) is 6.42 Å². The van der Waals surface area contributed by atoms with E-state index in [0.717, 1.165) is 0 Å². The number of halogens is 1. The van der Waals surface area contributed by atoms with Gasteiger partial charge < -0.3 is 14.6 Å². The van der Waals surface area contributed by atoms with Gasteiger partial charge in [0.15, 0.2) is 11.5 Å². The van der Waals surface area contributed by atoms with Crippen LogP contribution in [0.25, 0.3) is 0 Å². The van der Waals surface area contributed by atoms with Crippen molar-refractivity contribution in [2.45, 2.75) is 33.4 Å². The van der Waals surface area contributed by atoms with Gasteiger partial charge in [0.25, 0.3) is 0 Å². The highest BCUT2D eigenvalue weighted by Gasteiger charge is 2.31. The van der Waals surface area contributed by atoms with Gasteiger partial charge in [0.1, 0.15) is 19.4 Å². The lowest BCUT2D eigenvalue weighted by Crippen LogP contribution is -2.27. The molecule has 0 spiro atoms. The van der Waals surface area contributed by atoms with Crippen molar-refractivity contribution in [1.82, 2.24) is 0 Å². The molecule has 0 saturated heterocycles. The lowest BCUT2D eigenvalue weighted by molar-refractivity contribution is -0.146. The van der Waals surface area contributed by atoms with E-state index in [2.05, 4.69) is 0 Å². The Bertz CT molecular complexity index is 523. The first kappa shape index (κ1) is 14.6. The molecular formula is C15H19FO4. The highest BCUT2D eigenvalue weighted by atomic mass is 19.1. The fraction of sp³-hybridized carbons (Fsp3) is 0.533. The molecule has 1 aromatic carbocycles. The summed E-state index contributed by atoms with van der Waals surface area (Å²) in [7, 11) is 0. The Labute approximate surface area is 117 Å². The molecule has 1 N–H and O–H groups in total. The molecule has 0 amide bonds. The number of carboxylic acids is 1. The molecule has 110 valence electrons. The average molecular weight is 282 g/mol. The summed E-state index contributed by atoms with van der Waals surface area (Å²) in [5.41, 5.74) is 0.201. The largest absolute Gasteiger partial charge is 0.486 e. The van der Waals surface area contributed by atoms with Gasteiger partial charge in [-0.2, -0.15) is 0 Å². The summed E-state index contributed by atoms with van der Waals surface area (Å²) in [5.74, 6) is 0.131. The molecule has 4 nitrogen and oxygen atoms in total. The summed E-state index contributed by atoms with van der Waals surface area (Å²) < 4.78 is 24.6. The normalized spacial score (nSPS) is 15.8. The Balaban J connectivity index is 2.45. The minimum atomic E-state index is -1.14. The Hall–Kier alpha value is -1.78. The smallest absolute Gasteiger partial charge is 0.309 e. The summed E-state index contributed by atoms with van der Waals surface area (Å²) in [5, 5.41) is 9.24. The molecule has 0 fully saturated rings. The maximum atomic E-state index is 13.6. The van der Waals surface area contributed by atoms with Gasteiger partial charge in [-0.3, -0.25) is 4.79 Å². The van der Waals surface area contributed by atoms with E-state index < -0.39 is 17.6 Å². The first-order valence-corrected chi connectivity index (χ1v) is 6.61. The van der Waals surface area contributed by atoms with Crippen molar-refractivity contribution in [3.05, 3.63) is 23.3 Å². The number of hydrogen-bond donors (Lipinski definition) is 1. The second-order valence-electron chi connectivity index (χ2n) is 5.69. The topological polar surface area (TPSA) is 55.8 Å². The quantitative estimate of drug-likeness (QED) is 0.921. The number of carbonyl (C=O) groups is 1. The van der Waals surface area contributed by atoms with E-state index in [4.69, 9.17) is 9.47 Å². The zero-order chi connectivity index (χ0) is 14.9. The predicted molar refractivity (Wildman–Crippen MR) is 72.1 cm³/mol. The van der Waals surface area contributed by atoms with Gasteiger partial charge in [0, 0.05) is 0 Å². The van der Waals surface area contributed by atoms with Crippen molar-refractivity contribution < 1.29 is 23.8 Å². The van der Waals surface area contributed by atoms with Gasteiger partial charge in [0.2, 0.25) is 0 Å². The number of benzene rings is 1. The van der Waals surface area contributed by atoms with Crippen molar-refractivity contribution in [3.8, 4) is 11.5 Å². The number of rotatable bonds is 4. The van der Waals surface area contributed by atoms with Crippen LogP contribution in [0.4, 0.5) is 4.39 Å². The van der Waals surface area contributed by atoms with Crippen LogP contribution in [-0.2, 0) is 11.2 Å². The molecule has 20 heavy (non-hydrogen) atoms. The lowest BCUT2D eigenvalue weighted by Gasteiger charge is -2.26. The monoisotopic (exact) mass is 282 g/mol. The van der Waals surface area contributed by atoms with Gasteiger partial charge >= 0.3 is 5.97 Å². The number of carboxylic acid groups (broad SMARTS) is 1. The SMILES string of the molecule is CC(F)c1cc(CC(C)(C)C(=O)O)c2c(c1)OCCO2. The number of fused-ring (bicyclic) bond motifs is 1. The summed E-state index contributed by atoms with van der Waals surface area (Å²) in [6, 6.07) is 3.29. The van der Waals surface area contributed by atoms with E-state index in [0.29, 0.717) is 35.8 Å². The number of ether oxygens (including phenoxy) is 2. The minimum Gasteiger partial charge on any atom is -0.486 e. The standard InChI is InChI=1S/C15H19FO4/c1-9(16)10-6-11(8-15(2,3)14(17)18)13-12(7-10)19-4-5-20-13/h6-7,9H,4-5,8H2,1-3H3,(H,17,18). The van der Waals surface area contributed by atoms with E-state index in [1.807, 2.05) is 0 Å². The van der Waals surface area contributed by atoms with Gasteiger partial charge in [-0.05, 0) is 50.5 Å². The molecule has 1 aromatic rings. The molecular weight excluding hydrogens is 263 g/mol. The van der Waals surface area contributed by atoms with Gasteiger partial charge in [-0.15, -0.1) is 0 Å². The van der Waals surface area contributed by atoms with Crippen LogP contribution in [0.2, 0.25) is 0 Å². The molecule has 1 atom stereocenters. The molecule has 0 saturated carbocycles. The molecule has 0 radical (unpaired) electrons. The van der Waals surface area contributed by atoms with E-state index in [1.165, 1.54) is 6.92 Å². The van der Waals surface area contributed by atoms with Crippen molar-refractivity contribution in [2.24, 2.45) is 5.41 Å². The first-order valence-electron chi connectivity index (χ1n) is 6.61. The Morgan fingerprint density at radius 3 is 2.65 bits per heavy atom. The third-order valence-corrected chi connectivity index (χ3v) is 3.41. The number of aliphatic carboxylic acids is 1. The molecule has 1 unspecified atom stereocenters. The van der Waals surface area contributed by atoms with Crippen LogP contribution in [0.3, 0.4) is 0 Å². The minimum absolute atomic E-state index is 0.259. The van der Waals surface area contributed by atoms with Crippen LogP contribution in [0, 0.1) is 5.41 Å². The molecule has 0 aliphatic carbocycles. The maximum absolute atomic E-state index is 13.6. The van der Waals surface area contributed by atoms with E-state index in [1.54, 1.807) is 26.0 Å². The summed E-state index contributed by atoms with van der Waals surface area (Å²) in [6.07, 6.45) is -0.883. The van der Waals surface area contributed by atoms with E-state index in [9.17, 15) is 14.3 Å². The fourth-order valence-corrected chi connectivity index (χ4v) is 2.16. The summed E-state index contributed by atoms with van der Waals surface area (Å²) in [6.45, 7) is 5.54. The van der Waals surface area contributed by atoms with Gasteiger partial charge in [-0.25, -0.2) is 4.39 Å². The van der Waals surface area contributed by atoms with Crippen LogP contribution < -0.4 is 9.47 Å². The second kappa shape index (κ2) is 5.31. The maximum Gasteiger partial charge on any atom is 0.309 e. The van der Waals surface area contributed by atoms with Crippen molar-refractivity contribution in [2.75, 3.05) is 13.2 Å². The first-order chi connectivity index (χ1) is 9.31. The predicted octanol–water partition coefficient (Wildman–Crippen LogP) is 3.14. The Kier molecular flexibility index (Phi) is 3.88. The van der Waals surface area contributed by atoms with Crippen LogP contribution in [-0.4, -0.2) is 24.3 Å². The lowest BCUT2D eigenvalue weighted by atomic mass is 9.84. The third-order valence-electron chi connectivity index (χ3n) is 3.41. The van der Waals surface area contributed by atoms with Crippen LogP contribution in [0.15, 0.2) is 12.1 Å². The van der Waals surface area contributed by atoms with Gasteiger partial charge in [0.05, 0.1) is 5.41 Å². The van der Waals surface area contributed by atoms with Crippen LogP contribution in [0.5, 0.6) is 11.5 Å². The Morgan fingerprint density at radius 1 is 1.40 bits per heavy atom. The van der Waals surface area contributed by atoms with Crippen LogP contribution >= 0.6 is 0 Å². The van der Waals surface area contributed by atoms with E-state index >= 15 is 0 Å². The molecule has 0 bridgehead atoms. The zero-order valence-corrected chi connectivity index (χ0v) is 11.9. The average Bonchev–Trinajstić information content (AvgIpc) is 2.37. The molecule has 1 aliphatic rings.